The minimum Gasteiger partial charge on any atom is -0.486 e. The second-order valence-corrected chi connectivity index (χ2v) is 5.51. The van der Waals surface area contributed by atoms with E-state index < -0.39 is 0 Å². The predicted molar refractivity (Wildman–Crippen MR) is 78.3 cm³/mol. The van der Waals surface area contributed by atoms with Crippen LogP contribution in [0.1, 0.15) is 38.3 Å². The van der Waals surface area contributed by atoms with Gasteiger partial charge in [0.05, 0.1) is 0 Å². The molecule has 0 saturated heterocycles. The van der Waals surface area contributed by atoms with Crippen molar-refractivity contribution < 1.29 is 9.47 Å². The van der Waals surface area contributed by atoms with Crippen LogP contribution in [0, 0.1) is 5.92 Å². The van der Waals surface area contributed by atoms with Gasteiger partial charge < -0.3 is 14.8 Å². The molecule has 1 aromatic rings. The lowest BCUT2D eigenvalue weighted by Crippen LogP contribution is -2.21. The van der Waals surface area contributed by atoms with E-state index in [1.165, 1.54) is 6.42 Å². The Morgan fingerprint density at radius 3 is 2.47 bits per heavy atom. The number of fused-ring (bicyclic) bond motifs is 1. The highest BCUT2D eigenvalue weighted by Gasteiger charge is 2.20. The molecule has 2 unspecified atom stereocenters. The number of nitrogens with one attached hydrogen (secondary N) is 1. The monoisotopic (exact) mass is 283 g/mol. The van der Waals surface area contributed by atoms with Gasteiger partial charge in [-0.25, -0.2) is 0 Å². The summed E-state index contributed by atoms with van der Waals surface area (Å²) < 4.78 is 11.2. The molecule has 0 spiro atoms. The number of ether oxygens (including phenoxy) is 2. The average Bonchev–Trinajstić information content (AvgIpc) is 2.44. The van der Waals surface area contributed by atoms with Gasteiger partial charge >= 0.3 is 0 Å². The highest BCUT2D eigenvalue weighted by atomic mass is 35.5. The zero-order chi connectivity index (χ0) is 13.8. The van der Waals surface area contributed by atoms with Crippen molar-refractivity contribution in [1.82, 2.24) is 5.32 Å². The fourth-order valence-corrected chi connectivity index (χ4v) is 2.60. The lowest BCUT2D eigenvalue weighted by atomic mass is 9.94. The Balaban J connectivity index is 2.26. The van der Waals surface area contributed by atoms with Gasteiger partial charge in [0, 0.05) is 17.1 Å². The molecule has 2 rings (SSSR count). The zero-order valence-electron chi connectivity index (χ0n) is 11.8. The zero-order valence-corrected chi connectivity index (χ0v) is 12.6. The second-order valence-electron chi connectivity index (χ2n) is 5.11. The van der Waals surface area contributed by atoms with Gasteiger partial charge in [0.15, 0.2) is 11.5 Å². The van der Waals surface area contributed by atoms with Crippen molar-refractivity contribution in [3.05, 3.63) is 22.7 Å². The summed E-state index contributed by atoms with van der Waals surface area (Å²) in [6, 6.07) is 4.13. The molecule has 4 heteroatoms. The molecule has 0 aliphatic carbocycles. The molecule has 1 N–H and O–H groups in total. The molecule has 1 aliphatic rings. The van der Waals surface area contributed by atoms with Crippen LogP contribution in [0.25, 0.3) is 0 Å². The second kappa shape index (κ2) is 6.49. The molecule has 2 atom stereocenters. The van der Waals surface area contributed by atoms with Crippen molar-refractivity contribution in [2.45, 2.75) is 32.7 Å². The van der Waals surface area contributed by atoms with E-state index in [1.807, 2.05) is 19.2 Å². The van der Waals surface area contributed by atoms with Crippen molar-refractivity contribution in [2.24, 2.45) is 5.92 Å². The van der Waals surface area contributed by atoms with Gasteiger partial charge in [0.25, 0.3) is 0 Å². The molecule has 19 heavy (non-hydrogen) atoms. The number of hydrogen-bond acceptors (Lipinski definition) is 3. The first-order chi connectivity index (χ1) is 9.15. The Morgan fingerprint density at radius 1 is 1.26 bits per heavy atom. The number of hydrogen-bond donors (Lipinski definition) is 1. The van der Waals surface area contributed by atoms with Crippen LogP contribution in [0.15, 0.2) is 12.1 Å². The summed E-state index contributed by atoms with van der Waals surface area (Å²) in [6.45, 7) is 5.66. The molecular formula is C15H22ClNO2. The summed E-state index contributed by atoms with van der Waals surface area (Å²) in [6.07, 6.45) is 2.23. The fraction of sp³-hybridized carbons (Fsp3) is 0.600. The van der Waals surface area contributed by atoms with Crippen LogP contribution in [-0.4, -0.2) is 20.3 Å². The predicted octanol–water partition coefficient (Wildman–Crippen LogP) is 3.81. The number of halogens is 1. The van der Waals surface area contributed by atoms with Gasteiger partial charge in [-0.1, -0.05) is 31.9 Å². The lowest BCUT2D eigenvalue weighted by molar-refractivity contribution is 0.171. The fourth-order valence-electron chi connectivity index (χ4n) is 2.32. The van der Waals surface area contributed by atoms with Gasteiger partial charge in [0.2, 0.25) is 0 Å². The van der Waals surface area contributed by atoms with Crippen LogP contribution in [0.4, 0.5) is 0 Å². The first-order valence-corrected chi connectivity index (χ1v) is 7.29. The number of benzene rings is 1. The Morgan fingerprint density at radius 2 is 1.89 bits per heavy atom. The van der Waals surface area contributed by atoms with Crippen molar-refractivity contribution >= 4 is 11.6 Å². The Kier molecular flexibility index (Phi) is 4.94. The Labute approximate surface area is 120 Å². The van der Waals surface area contributed by atoms with E-state index >= 15 is 0 Å². The van der Waals surface area contributed by atoms with Gasteiger partial charge in [-0.05, 0) is 31.0 Å². The van der Waals surface area contributed by atoms with Crippen LogP contribution in [0.3, 0.4) is 0 Å². The summed E-state index contributed by atoms with van der Waals surface area (Å²) in [5.74, 6) is 2.20. The van der Waals surface area contributed by atoms with Crippen LogP contribution in [0.2, 0.25) is 5.02 Å². The molecule has 0 fully saturated rings. The minimum absolute atomic E-state index is 0.248. The lowest BCUT2D eigenvalue weighted by Gasteiger charge is -2.24. The molecule has 1 heterocycles. The molecule has 3 nitrogen and oxygen atoms in total. The molecule has 106 valence electrons. The first kappa shape index (κ1) is 14.5. The van der Waals surface area contributed by atoms with Crippen molar-refractivity contribution in [3.8, 4) is 11.5 Å². The summed E-state index contributed by atoms with van der Waals surface area (Å²) >= 11 is 6.39. The molecule has 0 bridgehead atoms. The van der Waals surface area contributed by atoms with Crippen molar-refractivity contribution in [2.75, 3.05) is 20.3 Å². The van der Waals surface area contributed by atoms with Crippen LogP contribution in [0.5, 0.6) is 11.5 Å². The van der Waals surface area contributed by atoms with E-state index in [0.717, 1.165) is 28.5 Å². The molecule has 1 aliphatic heterocycles. The van der Waals surface area contributed by atoms with Gasteiger partial charge in [-0.15, -0.1) is 0 Å². The van der Waals surface area contributed by atoms with Gasteiger partial charge in [-0.2, -0.15) is 0 Å². The summed E-state index contributed by atoms with van der Waals surface area (Å²) in [5, 5.41) is 4.09. The van der Waals surface area contributed by atoms with E-state index in [1.54, 1.807) is 0 Å². The van der Waals surface area contributed by atoms with E-state index in [-0.39, 0.29) is 6.04 Å². The SMILES string of the molecule is CCC(C)CC(NC)c1cc2c(cc1Cl)OCCO2. The molecular weight excluding hydrogens is 262 g/mol. The van der Waals surface area contributed by atoms with Gasteiger partial charge in [0.1, 0.15) is 13.2 Å². The van der Waals surface area contributed by atoms with E-state index in [2.05, 4.69) is 19.2 Å². The summed E-state index contributed by atoms with van der Waals surface area (Å²) in [4.78, 5) is 0. The quantitative estimate of drug-likeness (QED) is 0.891. The standard InChI is InChI=1S/C15H22ClNO2/c1-4-10(2)7-13(17-3)11-8-14-15(9-12(11)16)19-6-5-18-14/h8-10,13,17H,4-7H2,1-3H3. The molecule has 1 aromatic carbocycles. The maximum absolute atomic E-state index is 6.39. The van der Waals surface area contributed by atoms with E-state index in [9.17, 15) is 0 Å². The third-order valence-electron chi connectivity index (χ3n) is 3.72. The van der Waals surface area contributed by atoms with Crippen molar-refractivity contribution in [3.63, 3.8) is 0 Å². The number of rotatable bonds is 5. The maximum Gasteiger partial charge on any atom is 0.162 e. The molecule has 0 amide bonds. The average molecular weight is 284 g/mol. The third kappa shape index (κ3) is 3.34. The maximum atomic E-state index is 6.39. The minimum atomic E-state index is 0.248. The van der Waals surface area contributed by atoms with Crippen molar-refractivity contribution in [1.29, 1.82) is 0 Å². The largest absolute Gasteiger partial charge is 0.486 e. The normalized spacial score (nSPS) is 17.1. The van der Waals surface area contributed by atoms with Crippen LogP contribution >= 0.6 is 11.6 Å². The highest BCUT2D eigenvalue weighted by Crippen LogP contribution is 2.39. The van der Waals surface area contributed by atoms with E-state index in [0.29, 0.717) is 19.1 Å². The summed E-state index contributed by atoms with van der Waals surface area (Å²) in [7, 11) is 1.97. The van der Waals surface area contributed by atoms with Gasteiger partial charge in [-0.3, -0.25) is 0 Å². The topological polar surface area (TPSA) is 30.5 Å². The van der Waals surface area contributed by atoms with Crippen LogP contribution < -0.4 is 14.8 Å². The molecule has 0 aromatic heterocycles. The highest BCUT2D eigenvalue weighted by molar-refractivity contribution is 6.31. The summed E-state index contributed by atoms with van der Waals surface area (Å²) in [5.41, 5.74) is 1.09. The Hall–Kier alpha value is -0.930. The van der Waals surface area contributed by atoms with Crippen LogP contribution in [-0.2, 0) is 0 Å². The smallest absolute Gasteiger partial charge is 0.162 e. The van der Waals surface area contributed by atoms with E-state index in [4.69, 9.17) is 21.1 Å². The first-order valence-electron chi connectivity index (χ1n) is 6.92. The Bertz CT molecular complexity index is 436. The molecule has 0 radical (unpaired) electrons. The molecule has 0 saturated carbocycles. The third-order valence-corrected chi connectivity index (χ3v) is 4.05.